The van der Waals surface area contributed by atoms with Crippen LogP contribution in [0, 0.1) is 5.92 Å². The number of rotatable bonds is 5. The molecule has 2 aromatic rings. The number of amides is 1. The summed E-state index contributed by atoms with van der Waals surface area (Å²) >= 11 is 1.44. The van der Waals surface area contributed by atoms with Gasteiger partial charge < -0.3 is 14.8 Å². The highest BCUT2D eigenvalue weighted by atomic mass is 32.1. The Labute approximate surface area is 151 Å². The highest BCUT2D eigenvalue weighted by Gasteiger charge is 2.26. The first-order valence-electron chi connectivity index (χ1n) is 8.87. The van der Waals surface area contributed by atoms with E-state index in [4.69, 9.17) is 14.6 Å². The molecule has 0 aromatic carbocycles. The van der Waals surface area contributed by atoms with E-state index in [0.29, 0.717) is 19.1 Å². The van der Waals surface area contributed by atoms with Gasteiger partial charge in [-0.2, -0.15) is 5.10 Å². The number of ether oxygens (including phenoxy) is 2. The Kier molecular flexibility index (Phi) is 5.14. The van der Waals surface area contributed by atoms with Crippen molar-refractivity contribution in [2.24, 2.45) is 5.92 Å². The molecule has 2 aromatic heterocycles. The number of fused-ring (bicyclic) bond motifs is 1. The van der Waals surface area contributed by atoms with Crippen molar-refractivity contribution in [3.8, 4) is 0 Å². The maximum atomic E-state index is 12.1. The lowest BCUT2D eigenvalue weighted by molar-refractivity contribution is 0.0380. The smallest absolute Gasteiger partial charge is 0.261 e. The molecule has 1 fully saturated rings. The average molecular weight is 361 g/mol. The highest BCUT2D eigenvalue weighted by molar-refractivity contribution is 7.12. The summed E-state index contributed by atoms with van der Waals surface area (Å²) in [4.78, 5) is 12.9. The topological polar surface area (TPSA) is 65.4 Å². The SMILES string of the molecule is O=C(NC[C@@H]1OCCc2cn(CC3CCOCC3)nc21)c1cccs1. The van der Waals surface area contributed by atoms with Crippen LogP contribution in [-0.2, 0) is 22.4 Å². The fourth-order valence-electron chi connectivity index (χ4n) is 3.45. The minimum absolute atomic E-state index is 0.0487. The summed E-state index contributed by atoms with van der Waals surface area (Å²) in [5.74, 6) is 0.584. The van der Waals surface area contributed by atoms with Crippen molar-refractivity contribution in [3.63, 3.8) is 0 Å². The van der Waals surface area contributed by atoms with Gasteiger partial charge in [-0.15, -0.1) is 11.3 Å². The van der Waals surface area contributed by atoms with E-state index in [1.165, 1.54) is 16.9 Å². The number of aromatic nitrogens is 2. The van der Waals surface area contributed by atoms with E-state index < -0.39 is 0 Å². The molecule has 4 heterocycles. The molecule has 1 atom stereocenters. The predicted molar refractivity (Wildman–Crippen MR) is 94.8 cm³/mol. The van der Waals surface area contributed by atoms with Crippen LogP contribution >= 0.6 is 11.3 Å². The van der Waals surface area contributed by atoms with Crippen LogP contribution in [0.25, 0.3) is 0 Å². The lowest BCUT2D eigenvalue weighted by Gasteiger charge is -2.22. The Hall–Kier alpha value is -1.70. The number of hydrogen-bond donors (Lipinski definition) is 1. The minimum atomic E-state index is -0.163. The molecule has 4 rings (SSSR count). The van der Waals surface area contributed by atoms with Crippen molar-refractivity contribution in [3.05, 3.63) is 39.8 Å². The van der Waals surface area contributed by atoms with Crippen molar-refractivity contribution in [1.29, 1.82) is 0 Å². The van der Waals surface area contributed by atoms with Crippen LogP contribution in [-0.4, -0.2) is 42.1 Å². The van der Waals surface area contributed by atoms with Crippen molar-refractivity contribution < 1.29 is 14.3 Å². The van der Waals surface area contributed by atoms with Gasteiger partial charge in [-0.1, -0.05) is 6.07 Å². The van der Waals surface area contributed by atoms with Gasteiger partial charge in [0, 0.05) is 32.5 Å². The predicted octanol–water partition coefficient (Wildman–Crippen LogP) is 2.42. The van der Waals surface area contributed by atoms with E-state index in [1.807, 2.05) is 17.5 Å². The Morgan fingerprint density at radius 2 is 2.24 bits per heavy atom. The van der Waals surface area contributed by atoms with Crippen LogP contribution < -0.4 is 5.32 Å². The van der Waals surface area contributed by atoms with Gasteiger partial charge >= 0.3 is 0 Å². The second-order valence-electron chi connectivity index (χ2n) is 6.61. The first-order valence-corrected chi connectivity index (χ1v) is 9.75. The zero-order valence-corrected chi connectivity index (χ0v) is 15.0. The molecule has 2 aliphatic rings. The van der Waals surface area contributed by atoms with Gasteiger partial charge in [0.1, 0.15) is 6.10 Å². The molecule has 0 spiro atoms. The molecule has 25 heavy (non-hydrogen) atoms. The van der Waals surface area contributed by atoms with Gasteiger partial charge in [0.25, 0.3) is 5.91 Å². The Balaban J connectivity index is 1.39. The molecule has 6 nitrogen and oxygen atoms in total. The number of nitrogens with one attached hydrogen (secondary N) is 1. The molecule has 134 valence electrons. The summed E-state index contributed by atoms with van der Waals surface area (Å²) in [6, 6.07) is 3.71. The third kappa shape index (κ3) is 3.94. The van der Waals surface area contributed by atoms with Gasteiger partial charge in [0.05, 0.1) is 17.2 Å². The van der Waals surface area contributed by atoms with Crippen LogP contribution in [0.3, 0.4) is 0 Å². The van der Waals surface area contributed by atoms with Crippen molar-refractivity contribution in [2.45, 2.75) is 31.9 Å². The molecule has 1 amide bonds. The van der Waals surface area contributed by atoms with Crippen LogP contribution in [0.4, 0.5) is 0 Å². The number of nitrogens with zero attached hydrogens (tertiary/aromatic N) is 2. The molecule has 0 bridgehead atoms. The molecular formula is C18H23N3O3S. The summed E-state index contributed by atoms with van der Waals surface area (Å²) in [7, 11) is 0. The van der Waals surface area contributed by atoms with E-state index in [2.05, 4.69) is 16.2 Å². The van der Waals surface area contributed by atoms with Crippen LogP contribution in [0.5, 0.6) is 0 Å². The third-order valence-electron chi connectivity index (χ3n) is 4.84. The van der Waals surface area contributed by atoms with E-state index in [0.717, 1.165) is 49.6 Å². The van der Waals surface area contributed by atoms with Crippen molar-refractivity contribution in [2.75, 3.05) is 26.4 Å². The number of hydrogen-bond acceptors (Lipinski definition) is 5. The lowest BCUT2D eigenvalue weighted by Crippen LogP contribution is -2.31. The zero-order valence-electron chi connectivity index (χ0n) is 14.1. The van der Waals surface area contributed by atoms with Crippen LogP contribution in [0.15, 0.2) is 23.7 Å². The minimum Gasteiger partial charge on any atom is -0.381 e. The number of carbonyl (C=O) groups is 1. The highest BCUT2D eigenvalue weighted by Crippen LogP contribution is 2.26. The van der Waals surface area contributed by atoms with Crippen LogP contribution in [0.1, 0.15) is 39.9 Å². The fraction of sp³-hybridized carbons (Fsp3) is 0.556. The second kappa shape index (κ2) is 7.68. The number of carbonyl (C=O) groups excluding carboxylic acids is 1. The Bertz CT molecular complexity index is 707. The summed E-state index contributed by atoms with van der Waals surface area (Å²) in [6.45, 7) is 3.77. The molecule has 0 aliphatic carbocycles. The second-order valence-corrected chi connectivity index (χ2v) is 7.56. The van der Waals surface area contributed by atoms with Crippen molar-refractivity contribution >= 4 is 17.2 Å². The zero-order chi connectivity index (χ0) is 17.1. The van der Waals surface area contributed by atoms with Crippen molar-refractivity contribution in [1.82, 2.24) is 15.1 Å². The molecule has 0 unspecified atom stereocenters. The summed E-state index contributed by atoms with van der Waals surface area (Å²) in [6.07, 6.45) is 5.08. The first kappa shape index (κ1) is 16.8. The van der Waals surface area contributed by atoms with Gasteiger partial charge in [0.15, 0.2) is 0 Å². The molecule has 0 radical (unpaired) electrons. The third-order valence-corrected chi connectivity index (χ3v) is 5.71. The lowest BCUT2D eigenvalue weighted by atomic mass is 10.0. The number of thiophene rings is 1. The van der Waals surface area contributed by atoms with E-state index in [1.54, 1.807) is 0 Å². The van der Waals surface area contributed by atoms with Gasteiger partial charge in [-0.05, 0) is 42.2 Å². The first-order chi connectivity index (χ1) is 12.3. The maximum absolute atomic E-state index is 12.1. The Morgan fingerprint density at radius 3 is 3.04 bits per heavy atom. The molecule has 0 saturated carbocycles. The van der Waals surface area contributed by atoms with Gasteiger partial charge in [-0.3, -0.25) is 9.48 Å². The average Bonchev–Trinajstić information content (AvgIpc) is 3.30. The Morgan fingerprint density at radius 1 is 1.36 bits per heavy atom. The molecule has 2 aliphatic heterocycles. The maximum Gasteiger partial charge on any atom is 0.261 e. The summed E-state index contributed by atoms with van der Waals surface area (Å²) < 4.78 is 13.4. The van der Waals surface area contributed by atoms with E-state index in [-0.39, 0.29) is 12.0 Å². The van der Waals surface area contributed by atoms with E-state index >= 15 is 0 Å². The summed E-state index contributed by atoms with van der Waals surface area (Å²) in [5.41, 5.74) is 2.22. The van der Waals surface area contributed by atoms with Gasteiger partial charge in [0.2, 0.25) is 0 Å². The largest absolute Gasteiger partial charge is 0.381 e. The van der Waals surface area contributed by atoms with Gasteiger partial charge in [-0.25, -0.2) is 0 Å². The molecular weight excluding hydrogens is 338 g/mol. The van der Waals surface area contributed by atoms with Crippen LogP contribution in [0.2, 0.25) is 0 Å². The molecule has 1 saturated heterocycles. The molecule has 7 heteroatoms. The quantitative estimate of drug-likeness (QED) is 0.888. The molecule has 1 N–H and O–H groups in total. The monoisotopic (exact) mass is 361 g/mol. The summed E-state index contributed by atoms with van der Waals surface area (Å²) in [5, 5.41) is 9.64. The fourth-order valence-corrected chi connectivity index (χ4v) is 4.09. The normalized spacial score (nSPS) is 21.0. The standard InChI is InChI=1S/C18H23N3O3S/c22-18(16-2-1-9-25-16)19-10-15-17-14(5-8-24-15)12-21(20-17)11-13-3-6-23-7-4-13/h1-2,9,12-13,15H,3-8,10-11H2,(H,19,22)/t15-/m0/s1. The van der Waals surface area contributed by atoms with E-state index in [9.17, 15) is 4.79 Å².